The summed E-state index contributed by atoms with van der Waals surface area (Å²) in [5.74, 6) is 0. The van der Waals surface area contributed by atoms with E-state index in [9.17, 15) is 8.42 Å². The Labute approximate surface area is 121 Å². The van der Waals surface area contributed by atoms with Gasteiger partial charge in [-0.25, -0.2) is 12.7 Å². The van der Waals surface area contributed by atoms with Crippen LogP contribution < -0.4 is 4.90 Å². The first-order valence-corrected chi connectivity index (χ1v) is 8.01. The molecule has 0 heterocycles. The van der Waals surface area contributed by atoms with E-state index in [2.05, 4.69) is 0 Å². The molecule has 0 bridgehead atoms. The lowest BCUT2D eigenvalue weighted by atomic mass is 10.2. The molecule has 1 aromatic carbocycles. The van der Waals surface area contributed by atoms with Gasteiger partial charge in [0.1, 0.15) is 4.90 Å². The first-order chi connectivity index (χ1) is 8.76. The Morgan fingerprint density at radius 3 is 2.32 bits per heavy atom. The van der Waals surface area contributed by atoms with Gasteiger partial charge in [0.05, 0.1) is 5.69 Å². The van der Waals surface area contributed by atoms with Crippen LogP contribution >= 0.6 is 11.6 Å². The van der Waals surface area contributed by atoms with E-state index >= 15 is 0 Å². The summed E-state index contributed by atoms with van der Waals surface area (Å²) in [4.78, 5) is 2.25. The second-order valence-electron chi connectivity index (χ2n) is 4.75. The van der Waals surface area contributed by atoms with Crippen LogP contribution in [0.5, 0.6) is 0 Å². The molecule has 4 nitrogen and oxygen atoms in total. The number of alkyl halides is 1. The molecular weight excluding hydrogens is 284 g/mol. The maximum atomic E-state index is 12.3. The fourth-order valence-corrected chi connectivity index (χ4v) is 2.91. The van der Waals surface area contributed by atoms with Gasteiger partial charge in [0.25, 0.3) is 0 Å². The quantitative estimate of drug-likeness (QED) is 0.758. The van der Waals surface area contributed by atoms with Gasteiger partial charge in [-0.1, -0.05) is 12.1 Å². The molecule has 0 saturated heterocycles. The zero-order valence-electron chi connectivity index (χ0n) is 11.8. The zero-order chi connectivity index (χ0) is 14.6. The van der Waals surface area contributed by atoms with Crippen LogP contribution in [0.1, 0.15) is 13.3 Å². The highest BCUT2D eigenvalue weighted by molar-refractivity contribution is 7.89. The molecule has 0 amide bonds. The minimum absolute atomic E-state index is 0.0695. The number of anilines is 1. The largest absolute Gasteiger partial charge is 0.373 e. The first-order valence-electron chi connectivity index (χ1n) is 6.13. The second-order valence-corrected chi connectivity index (χ2v) is 7.61. The van der Waals surface area contributed by atoms with Crippen molar-refractivity contribution in [1.29, 1.82) is 0 Å². The Morgan fingerprint density at radius 2 is 1.79 bits per heavy atom. The number of rotatable bonds is 6. The molecule has 0 aliphatic carbocycles. The third-order valence-corrected chi connectivity index (χ3v) is 4.98. The number of hydrogen-bond donors (Lipinski definition) is 0. The zero-order valence-corrected chi connectivity index (χ0v) is 13.4. The monoisotopic (exact) mass is 304 g/mol. The fraction of sp³-hybridized carbons (Fsp3) is 0.538. The van der Waals surface area contributed by atoms with Crippen LogP contribution in [0.15, 0.2) is 29.2 Å². The minimum Gasteiger partial charge on any atom is -0.373 e. The molecule has 0 aliphatic heterocycles. The summed E-state index contributed by atoms with van der Waals surface area (Å²) >= 11 is 5.94. The van der Waals surface area contributed by atoms with Gasteiger partial charge in [-0.2, -0.15) is 0 Å². The highest BCUT2D eigenvalue weighted by Crippen LogP contribution is 2.26. The molecule has 0 fully saturated rings. The molecule has 0 aromatic heterocycles. The number of para-hydroxylation sites is 1. The second kappa shape index (κ2) is 6.59. The Balaban J connectivity index is 3.09. The van der Waals surface area contributed by atoms with Gasteiger partial charge in [-0.05, 0) is 25.5 Å². The van der Waals surface area contributed by atoms with E-state index in [1.54, 1.807) is 12.1 Å². The van der Waals surface area contributed by atoms with Crippen molar-refractivity contribution in [1.82, 2.24) is 4.31 Å². The lowest BCUT2D eigenvalue weighted by Gasteiger charge is -2.24. The van der Waals surface area contributed by atoms with Crippen LogP contribution in [0.2, 0.25) is 0 Å². The predicted molar refractivity (Wildman–Crippen MR) is 80.5 cm³/mol. The van der Waals surface area contributed by atoms with Crippen LogP contribution in [0.3, 0.4) is 0 Å². The molecule has 108 valence electrons. The molecule has 0 aliphatic rings. The summed E-state index contributed by atoms with van der Waals surface area (Å²) in [6.45, 7) is 2.64. The van der Waals surface area contributed by atoms with Crippen LogP contribution in [0, 0.1) is 0 Å². The summed E-state index contributed by atoms with van der Waals surface area (Å²) in [6.07, 6.45) is 0.800. The number of nitrogens with zero attached hydrogens (tertiary/aromatic N) is 2. The van der Waals surface area contributed by atoms with Crippen molar-refractivity contribution in [3.05, 3.63) is 24.3 Å². The fourth-order valence-electron chi connectivity index (χ4n) is 1.68. The van der Waals surface area contributed by atoms with Gasteiger partial charge in [-0.3, -0.25) is 0 Å². The average Bonchev–Trinajstić information content (AvgIpc) is 2.35. The van der Waals surface area contributed by atoms with Gasteiger partial charge < -0.3 is 4.90 Å². The SMILES string of the molecule is CC(Cl)CCN(C)c1ccccc1S(=O)(=O)N(C)C. The topological polar surface area (TPSA) is 40.6 Å². The molecule has 0 saturated carbocycles. The Morgan fingerprint density at radius 1 is 1.21 bits per heavy atom. The Kier molecular flexibility index (Phi) is 5.64. The molecular formula is C13H21ClN2O2S. The molecule has 1 aromatic rings. The van der Waals surface area contributed by atoms with Crippen LogP contribution in [0.4, 0.5) is 5.69 Å². The smallest absolute Gasteiger partial charge is 0.244 e. The molecule has 6 heteroatoms. The number of hydrogen-bond acceptors (Lipinski definition) is 3. The number of sulfonamides is 1. The van der Waals surface area contributed by atoms with Crippen LogP contribution in [-0.4, -0.2) is 45.8 Å². The normalized spacial score (nSPS) is 13.6. The standard InChI is InChI=1S/C13H21ClN2O2S/c1-11(14)9-10-16(4)12-7-5-6-8-13(12)19(17,18)15(2)3/h5-8,11H,9-10H2,1-4H3. The van der Waals surface area contributed by atoms with E-state index in [0.29, 0.717) is 17.1 Å². The van der Waals surface area contributed by atoms with E-state index in [4.69, 9.17) is 11.6 Å². The van der Waals surface area contributed by atoms with Gasteiger partial charge >= 0.3 is 0 Å². The summed E-state index contributed by atoms with van der Waals surface area (Å²) in [6, 6.07) is 7.02. The van der Waals surface area contributed by atoms with E-state index in [0.717, 1.165) is 6.42 Å². The van der Waals surface area contributed by atoms with Crippen molar-refractivity contribution >= 4 is 27.3 Å². The molecule has 1 atom stereocenters. The predicted octanol–water partition coefficient (Wildman–Crippen LogP) is 2.39. The van der Waals surface area contributed by atoms with Gasteiger partial charge in [0.15, 0.2) is 0 Å². The summed E-state index contributed by atoms with van der Waals surface area (Å²) in [7, 11) is 1.52. The highest BCUT2D eigenvalue weighted by Gasteiger charge is 2.22. The highest BCUT2D eigenvalue weighted by atomic mass is 35.5. The van der Waals surface area contributed by atoms with Gasteiger partial charge in [0, 0.05) is 33.1 Å². The lowest BCUT2D eigenvalue weighted by molar-refractivity contribution is 0.520. The minimum atomic E-state index is -3.43. The van der Waals surface area contributed by atoms with Crippen molar-refractivity contribution in [3.63, 3.8) is 0 Å². The van der Waals surface area contributed by atoms with E-state index < -0.39 is 10.0 Å². The maximum absolute atomic E-state index is 12.3. The third-order valence-electron chi connectivity index (χ3n) is 2.90. The molecule has 19 heavy (non-hydrogen) atoms. The molecule has 0 radical (unpaired) electrons. The van der Waals surface area contributed by atoms with E-state index in [-0.39, 0.29) is 5.38 Å². The van der Waals surface area contributed by atoms with Crippen LogP contribution in [0.25, 0.3) is 0 Å². The summed E-state index contributed by atoms with van der Waals surface area (Å²) in [5.41, 5.74) is 0.702. The lowest BCUT2D eigenvalue weighted by Crippen LogP contribution is -2.27. The van der Waals surface area contributed by atoms with Gasteiger partial charge in [0.2, 0.25) is 10.0 Å². The average molecular weight is 305 g/mol. The van der Waals surface area contributed by atoms with Crippen molar-refractivity contribution < 1.29 is 8.42 Å². The Hall–Kier alpha value is -0.780. The summed E-state index contributed by atoms with van der Waals surface area (Å²) < 4.78 is 25.8. The number of benzene rings is 1. The molecule has 1 unspecified atom stereocenters. The van der Waals surface area contributed by atoms with E-state index in [1.807, 2.05) is 31.0 Å². The van der Waals surface area contributed by atoms with Crippen molar-refractivity contribution in [3.8, 4) is 0 Å². The first kappa shape index (κ1) is 16.3. The van der Waals surface area contributed by atoms with Crippen LogP contribution in [-0.2, 0) is 10.0 Å². The number of halogens is 1. The maximum Gasteiger partial charge on any atom is 0.244 e. The summed E-state index contributed by atoms with van der Waals surface area (Å²) in [5, 5.41) is 0.0695. The molecule has 0 N–H and O–H groups in total. The van der Waals surface area contributed by atoms with Crippen molar-refractivity contribution in [2.75, 3.05) is 32.6 Å². The Bertz CT molecular complexity index is 515. The molecule has 1 rings (SSSR count). The van der Waals surface area contributed by atoms with Gasteiger partial charge in [-0.15, -0.1) is 11.6 Å². The van der Waals surface area contributed by atoms with Crippen molar-refractivity contribution in [2.24, 2.45) is 0 Å². The van der Waals surface area contributed by atoms with Crippen molar-refractivity contribution in [2.45, 2.75) is 23.6 Å². The van der Waals surface area contributed by atoms with E-state index in [1.165, 1.54) is 18.4 Å². The molecule has 0 spiro atoms. The third kappa shape index (κ3) is 4.09.